The van der Waals surface area contributed by atoms with Crippen molar-refractivity contribution in [3.63, 3.8) is 0 Å². The summed E-state index contributed by atoms with van der Waals surface area (Å²) in [6.45, 7) is 4.47. The number of dihydropyridines is 1. The maximum Gasteiger partial charge on any atom is 0.416 e. The average Bonchev–Trinajstić information content (AvgIpc) is 2.59. The number of carboxylic acid groups (broad SMARTS) is 1. The van der Waals surface area contributed by atoms with Crippen LogP contribution in [-0.2, 0) is 25.2 Å². The number of carbonyl (C=O) groups excluding carboxylic acids is 1. The van der Waals surface area contributed by atoms with Crippen molar-refractivity contribution in [2.75, 3.05) is 7.11 Å². The molecule has 1 aromatic rings. The number of ether oxygens (including phenoxy) is 2. The van der Waals surface area contributed by atoms with Crippen LogP contribution in [0.15, 0.2) is 46.8 Å². The largest absolute Gasteiger partial charge is 0.478 e. The van der Waals surface area contributed by atoms with Crippen molar-refractivity contribution >= 4 is 11.9 Å². The van der Waals surface area contributed by atoms with E-state index in [1.54, 1.807) is 0 Å². The Morgan fingerprint density at radius 2 is 1.79 bits per heavy atom. The lowest BCUT2D eigenvalue weighted by Gasteiger charge is -2.30. The van der Waals surface area contributed by atoms with Crippen LogP contribution in [0.3, 0.4) is 0 Å². The van der Waals surface area contributed by atoms with Gasteiger partial charge in [0.15, 0.2) is 6.29 Å². The highest BCUT2D eigenvalue weighted by Gasteiger charge is 2.39. The number of alkyl halides is 3. The summed E-state index contributed by atoms with van der Waals surface area (Å²) in [5, 5.41) is 12.5. The molecular weight excluding hydrogens is 379 g/mol. The monoisotopic (exact) mass is 399 g/mol. The number of aliphatic carboxylic acids is 1. The number of halogens is 3. The number of benzene rings is 1. The van der Waals surface area contributed by atoms with E-state index in [-0.39, 0.29) is 22.4 Å². The molecule has 1 aliphatic rings. The second-order valence-electron chi connectivity index (χ2n) is 6.27. The Morgan fingerprint density at radius 1 is 1.18 bits per heavy atom. The zero-order valence-corrected chi connectivity index (χ0v) is 15.7. The number of hydrogen-bond donors (Lipinski definition) is 2. The van der Waals surface area contributed by atoms with E-state index in [0.717, 1.165) is 12.1 Å². The van der Waals surface area contributed by atoms with E-state index in [4.69, 9.17) is 9.47 Å². The Morgan fingerprint density at radius 3 is 2.32 bits per heavy atom. The molecule has 152 valence electrons. The molecule has 0 spiro atoms. The number of esters is 1. The summed E-state index contributed by atoms with van der Waals surface area (Å²) in [6, 6.07) is 4.24. The molecule has 2 unspecified atom stereocenters. The van der Waals surface area contributed by atoms with E-state index in [0.29, 0.717) is 5.70 Å². The standard InChI is InChI=1S/C19H20F3NO5/c1-9-14(17(24)25)16(12-6-5-7-13(8-12)19(20,21)22)15(10(2)23-9)18(26)28-11(3)27-4/h5-8,11,16,23H,1-4H3,(H,24,25). The maximum atomic E-state index is 13.2. The van der Waals surface area contributed by atoms with Crippen LogP contribution in [0.2, 0.25) is 0 Å². The fraction of sp³-hybridized carbons (Fsp3) is 0.368. The molecule has 0 bridgehead atoms. The molecule has 0 aromatic heterocycles. The molecule has 0 saturated heterocycles. The third-order valence-corrected chi connectivity index (χ3v) is 4.36. The van der Waals surface area contributed by atoms with Gasteiger partial charge in [-0.3, -0.25) is 0 Å². The zero-order valence-electron chi connectivity index (χ0n) is 15.7. The summed E-state index contributed by atoms with van der Waals surface area (Å²) in [5.41, 5.74) is -0.735. The molecular formula is C19H20F3NO5. The summed E-state index contributed by atoms with van der Waals surface area (Å²) in [7, 11) is 1.31. The van der Waals surface area contributed by atoms with Gasteiger partial charge in [0.05, 0.1) is 22.6 Å². The molecule has 0 radical (unpaired) electrons. The molecule has 2 rings (SSSR count). The minimum Gasteiger partial charge on any atom is -0.478 e. The second-order valence-corrected chi connectivity index (χ2v) is 6.27. The second kappa shape index (κ2) is 8.05. The van der Waals surface area contributed by atoms with Gasteiger partial charge in [-0.15, -0.1) is 0 Å². The van der Waals surface area contributed by atoms with E-state index in [1.165, 1.54) is 40.0 Å². The molecule has 0 fully saturated rings. The Kier molecular flexibility index (Phi) is 6.18. The number of carboxylic acids is 1. The van der Waals surface area contributed by atoms with E-state index < -0.39 is 35.9 Å². The van der Waals surface area contributed by atoms with Crippen LogP contribution in [0.4, 0.5) is 13.2 Å². The van der Waals surface area contributed by atoms with E-state index >= 15 is 0 Å². The predicted octanol–water partition coefficient (Wildman–Crippen LogP) is 3.56. The topological polar surface area (TPSA) is 84.9 Å². The molecule has 1 heterocycles. The fourth-order valence-corrected chi connectivity index (χ4v) is 3.04. The van der Waals surface area contributed by atoms with Crippen LogP contribution in [0.25, 0.3) is 0 Å². The van der Waals surface area contributed by atoms with Gasteiger partial charge in [0, 0.05) is 18.5 Å². The quantitative estimate of drug-likeness (QED) is 0.582. The van der Waals surface area contributed by atoms with Crippen molar-refractivity contribution in [1.29, 1.82) is 0 Å². The van der Waals surface area contributed by atoms with Crippen LogP contribution in [0.1, 0.15) is 37.8 Å². The Balaban J connectivity index is 2.65. The van der Waals surface area contributed by atoms with Crippen LogP contribution in [0.5, 0.6) is 0 Å². The highest BCUT2D eigenvalue weighted by molar-refractivity contribution is 5.99. The number of rotatable bonds is 5. The molecule has 6 nitrogen and oxygen atoms in total. The summed E-state index contributed by atoms with van der Waals surface area (Å²) >= 11 is 0. The van der Waals surface area contributed by atoms with E-state index in [9.17, 15) is 27.9 Å². The third-order valence-electron chi connectivity index (χ3n) is 4.36. The van der Waals surface area contributed by atoms with Gasteiger partial charge in [-0.2, -0.15) is 13.2 Å². The molecule has 2 N–H and O–H groups in total. The van der Waals surface area contributed by atoms with Gasteiger partial charge >= 0.3 is 18.1 Å². The lowest BCUT2D eigenvalue weighted by molar-refractivity contribution is -0.165. The molecule has 2 atom stereocenters. The van der Waals surface area contributed by atoms with Gasteiger partial charge in [0.25, 0.3) is 0 Å². The molecule has 1 aliphatic heterocycles. The SMILES string of the molecule is COC(C)OC(=O)C1=C(C)NC(C)=C(C(=O)O)C1c1cccc(C(F)(F)F)c1. The summed E-state index contributed by atoms with van der Waals surface area (Å²) < 4.78 is 49.5. The first-order valence-electron chi connectivity index (χ1n) is 8.30. The summed E-state index contributed by atoms with van der Waals surface area (Å²) in [6.07, 6.45) is -5.54. The van der Waals surface area contributed by atoms with Crippen molar-refractivity contribution in [1.82, 2.24) is 5.32 Å². The van der Waals surface area contributed by atoms with Crippen molar-refractivity contribution in [3.05, 3.63) is 57.9 Å². The number of hydrogen-bond acceptors (Lipinski definition) is 5. The Bertz CT molecular complexity index is 857. The molecule has 0 amide bonds. The van der Waals surface area contributed by atoms with E-state index in [1.807, 2.05) is 0 Å². The normalized spacial score (nSPS) is 18.6. The van der Waals surface area contributed by atoms with E-state index in [2.05, 4.69) is 5.32 Å². The van der Waals surface area contributed by atoms with Crippen molar-refractivity contribution in [2.45, 2.75) is 39.2 Å². The smallest absolute Gasteiger partial charge is 0.416 e. The van der Waals surface area contributed by atoms with Crippen LogP contribution < -0.4 is 5.32 Å². The molecule has 9 heteroatoms. The van der Waals surface area contributed by atoms with Gasteiger partial charge in [-0.25, -0.2) is 9.59 Å². The number of nitrogens with one attached hydrogen (secondary N) is 1. The number of methoxy groups -OCH3 is 1. The molecule has 28 heavy (non-hydrogen) atoms. The van der Waals surface area contributed by atoms with Gasteiger partial charge < -0.3 is 19.9 Å². The van der Waals surface area contributed by atoms with Gasteiger partial charge in [0.2, 0.25) is 0 Å². The first-order valence-corrected chi connectivity index (χ1v) is 8.30. The highest BCUT2D eigenvalue weighted by Crippen LogP contribution is 2.40. The first kappa shape index (κ1) is 21.5. The van der Waals surface area contributed by atoms with Crippen molar-refractivity contribution in [2.24, 2.45) is 0 Å². The Hall–Kier alpha value is -2.81. The van der Waals surface area contributed by atoms with Crippen LogP contribution in [0, 0.1) is 0 Å². The Labute approximate surface area is 159 Å². The first-order chi connectivity index (χ1) is 13.0. The average molecular weight is 399 g/mol. The van der Waals surface area contributed by atoms with Crippen molar-refractivity contribution in [3.8, 4) is 0 Å². The maximum absolute atomic E-state index is 13.2. The van der Waals surface area contributed by atoms with Gasteiger partial charge in [0.1, 0.15) is 0 Å². The minimum absolute atomic E-state index is 0.0180. The lowest BCUT2D eigenvalue weighted by Crippen LogP contribution is -2.33. The molecule has 0 aliphatic carbocycles. The number of carbonyl (C=O) groups is 2. The van der Waals surface area contributed by atoms with Gasteiger partial charge in [-0.05, 0) is 32.4 Å². The summed E-state index contributed by atoms with van der Waals surface area (Å²) in [4.78, 5) is 24.5. The van der Waals surface area contributed by atoms with Crippen LogP contribution in [-0.4, -0.2) is 30.4 Å². The molecule has 0 saturated carbocycles. The highest BCUT2D eigenvalue weighted by atomic mass is 19.4. The number of allylic oxidation sites excluding steroid dienone is 2. The minimum atomic E-state index is -4.62. The lowest BCUT2D eigenvalue weighted by atomic mass is 9.80. The summed E-state index contributed by atoms with van der Waals surface area (Å²) in [5.74, 6) is -3.48. The molecule has 1 aromatic carbocycles. The van der Waals surface area contributed by atoms with Gasteiger partial charge in [-0.1, -0.05) is 18.2 Å². The fourth-order valence-electron chi connectivity index (χ4n) is 3.04. The predicted molar refractivity (Wildman–Crippen MR) is 92.9 cm³/mol. The zero-order chi connectivity index (χ0) is 21.2. The van der Waals surface area contributed by atoms with Crippen LogP contribution >= 0.6 is 0 Å². The van der Waals surface area contributed by atoms with Crippen molar-refractivity contribution < 1.29 is 37.3 Å². The third kappa shape index (κ3) is 4.36.